The van der Waals surface area contributed by atoms with Gasteiger partial charge >= 0.3 is 5.97 Å². The van der Waals surface area contributed by atoms with Gasteiger partial charge in [-0.25, -0.2) is 4.39 Å². The van der Waals surface area contributed by atoms with E-state index in [1.54, 1.807) is 0 Å². The maximum atomic E-state index is 13.4. The second-order valence-electron chi connectivity index (χ2n) is 3.19. The van der Waals surface area contributed by atoms with Crippen LogP contribution in [-0.4, -0.2) is 24.2 Å². The fourth-order valence-corrected chi connectivity index (χ4v) is 1.54. The molecule has 3 N–H and O–H groups in total. The van der Waals surface area contributed by atoms with Crippen molar-refractivity contribution >= 4 is 17.6 Å². The van der Waals surface area contributed by atoms with Crippen molar-refractivity contribution in [2.75, 3.05) is 7.11 Å². The number of rotatable bonds is 4. The Balaban J connectivity index is 3.07. The van der Waals surface area contributed by atoms with Gasteiger partial charge < -0.3 is 15.6 Å². The number of carboxylic acid groups (broad SMARTS) is 1. The number of benzene rings is 1. The first-order valence-corrected chi connectivity index (χ1v) is 4.84. The molecule has 88 valence electrons. The second-order valence-corrected chi connectivity index (χ2v) is 3.57. The van der Waals surface area contributed by atoms with E-state index in [2.05, 4.69) is 0 Å². The van der Waals surface area contributed by atoms with E-state index in [1.807, 2.05) is 0 Å². The lowest BCUT2D eigenvalue weighted by Gasteiger charge is -2.11. The number of carbonyl (C=O) groups is 1. The van der Waals surface area contributed by atoms with Gasteiger partial charge in [-0.05, 0) is 12.1 Å². The summed E-state index contributed by atoms with van der Waals surface area (Å²) in [7, 11) is 1.39. The van der Waals surface area contributed by atoms with E-state index in [1.165, 1.54) is 13.2 Å². The Kier molecular flexibility index (Phi) is 4.09. The van der Waals surface area contributed by atoms with Gasteiger partial charge in [0.1, 0.15) is 17.6 Å². The summed E-state index contributed by atoms with van der Waals surface area (Å²) in [6.45, 7) is 0. The van der Waals surface area contributed by atoms with Gasteiger partial charge in [-0.15, -0.1) is 0 Å². The van der Waals surface area contributed by atoms with Crippen LogP contribution in [0.2, 0.25) is 5.02 Å². The molecule has 0 aliphatic carbocycles. The molecule has 4 nitrogen and oxygen atoms in total. The monoisotopic (exact) mass is 247 g/mol. The fraction of sp³-hybridized carbons (Fsp3) is 0.300. The molecule has 0 saturated carbocycles. The van der Waals surface area contributed by atoms with Gasteiger partial charge in [-0.3, -0.25) is 4.79 Å². The predicted molar refractivity (Wildman–Crippen MR) is 57.3 cm³/mol. The highest BCUT2D eigenvalue weighted by atomic mass is 35.5. The number of hydrogen-bond donors (Lipinski definition) is 2. The fourth-order valence-electron chi connectivity index (χ4n) is 1.23. The van der Waals surface area contributed by atoms with Crippen LogP contribution in [0.4, 0.5) is 4.39 Å². The lowest BCUT2D eigenvalue weighted by Crippen LogP contribution is -2.32. The van der Waals surface area contributed by atoms with Crippen LogP contribution in [0.15, 0.2) is 12.1 Å². The third-order valence-electron chi connectivity index (χ3n) is 2.11. The number of methoxy groups -OCH3 is 1. The molecular formula is C10H11ClFNO3. The molecular weight excluding hydrogens is 237 g/mol. The van der Waals surface area contributed by atoms with Crippen LogP contribution in [0.25, 0.3) is 0 Å². The predicted octanol–water partition coefficient (Wildman–Crippen LogP) is 1.44. The van der Waals surface area contributed by atoms with E-state index in [0.717, 1.165) is 6.07 Å². The first-order valence-electron chi connectivity index (χ1n) is 4.46. The molecule has 1 aromatic carbocycles. The Morgan fingerprint density at radius 3 is 2.81 bits per heavy atom. The van der Waals surface area contributed by atoms with E-state index < -0.39 is 17.8 Å². The average molecular weight is 248 g/mol. The normalized spacial score (nSPS) is 12.2. The van der Waals surface area contributed by atoms with Gasteiger partial charge in [0.2, 0.25) is 0 Å². The molecule has 16 heavy (non-hydrogen) atoms. The van der Waals surface area contributed by atoms with Crippen LogP contribution in [0.5, 0.6) is 5.75 Å². The summed E-state index contributed by atoms with van der Waals surface area (Å²) in [5, 5.41) is 8.68. The molecule has 1 atom stereocenters. The first-order chi connectivity index (χ1) is 7.47. The summed E-state index contributed by atoms with van der Waals surface area (Å²) >= 11 is 5.85. The largest absolute Gasteiger partial charge is 0.495 e. The van der Waals surface area contributed by atoms with Gasteiger partial charge in [0, 0.05) is 12.0 Å². The van der Waals surface area contributed by atoms with Gasteiger partial charge in [0.25, 0.3) is 0 Å². The van der Waals surface area contributed by atoms with Crippen molar-refractivity contribution in [3.8, 4) is 5.75 Å². The zero-order valence-electron chi connectivity index (χ0n) is 8.54. The minimum absolute atomic E-state index is 0.0518. The highest BCUT2D eigenvalue weighted by Crippen LogP contribution is 2.30. The topological polar surface area (TPSA) is 72.5 Å². The van der Waals surface area contributed by atoms with Crippen LogP contribution in [-0.2, 0) is 11.2 Å². The zero-order chi connectivity index (χ0) is 12.3. The van der Waals surface area contributed by atoms with Gasteiger partial charge in [-0.1, -0.05) is 11.6 Å². The number of nitrogens with two attached hydrogens (primary N) is 1. The molecule has 0 saturated heterocycles. The molecule has 0 heterocycles. The molecule has 6 heteroatoms. The minimum Gasteiger partial charge on any atom is -0.495 e. The van der Waals surface area contributed by atoms with Gasteiger partial charge in [-0.2, -0.15) is 0 Å². The van der Waals surface area contributed by atoms with Crippen molar-refractivity contribution in [1.29, 1.82) is 0 Å². The van der Waals surface area contributed by atoms with Crippen molar-refractivity contribution in [2.45, 2.75) is 12.5 Å². The van der Waals surface area contributed by atoms with Crippen molar-refractivity contribution < 1.29 is 19.0 Å². The number of hydrogen-bond acceptors (Lipinski definition) is 3. The van der Waals surface area contributed by atoms with E-state index >= 15 is 0 Å². The molecule has 0 aliphatic rings. The molecule has 0 radical (unpaired) electrons. The summed E-state index contributed by atoms with van der Waals surface area (Å²) in [6.07, 6.45) is -0.183. The molecule has 1 aromatic rings. The van der Waals surface area contributed by atoms with Gasteiger partial charge in [0.05, 0.1) is 12.1 Å². The molecule has 0 aliphatic heterocycles. The van der Waals surface area contributed by atoms with Gasteiger partial charge in [0.15, 0.2) is 0 Å². The van der Waals surface area contributed by atoms with E-state index in [4.69, 9.17) is 27.2 Å². The quantitative estimate of drug-likeness (QED) is 0.845. The summed E-state index contributed by atoms with van der Waals surface area (Å²) in [5.41, 5.74) is 5.36. The van der Waals surface area contributed by atoms with Crippen molar-refractivity contribution in [1.82, 2.24) is 0 Å². The number of aliphatic carboxylic acids is 1. The highest BCUT2D eigenvalue weighted by Gasteiger charge is 2.19. The highest BCUT2D eigenvalue weighted by molar-refractivity contribution is 6.32. The Hall–Kier alpha value is -1.33. The molecule has 0 amide bonds. The SMILES string of the molecule is COc1ccc(F)c(C[C@@H](N)C(=O)O)c1Cl. The lowest BCUT2D eigenvalue weighted by molar-refractivity contribution is -0.138. The van der Waals surface area contributed by atoms with E-state index in [9.17, 15) is 9.18 Å². The smallest absolute Gasteiger partial charge is 0.320 e. The Labute approximate surface area is 96.8 Å². The number of carboxylic acids is 1. The third kappa shape index (κ3) is 2.62. The lowest BCUT2D eigenvalue weighted by atomic mass is 10.1. The second kappa shape index (κ2) is 5.14. The molecule has 0 fully saturated rings. The molecule has 0 aromatic heterocycles. The maximum absolute atomic E-state index is 13.4. The summed E-state index contributed by atoms with van der Waals surface area (Å²) in [4.78, 5) is 10.6. The Morgan fingerprint density at radius 2 is 2.31 bits per heavy atom. The molecule has 0 unspecified atom stereocenters. The maximum Gasteiger partial charge on any atom is 0.320 e. The van der Waals surface area contributed by atoms with Crippen LogP contribution in [0.1, 0.15) is 5.56 Å². The summed E-state index contributed by atoms with van der Waals surface area (Å²) in [5.74, 6) is -1.52. The molecule has 1 rings (SSSR count). The van der Waals surface area contributed by atoms with Crippen LogP contribution >= 0.6 is 11.6 Å². The standard InChI is InChI=1S/C10H11ClFNO3/c1-16-8-3-2-6(12)5(9(8)11)4-7(13)10(14)15/h2-3,7H,4,13H2,1H3,(H,14,15)/t7-/m1/s1. The van der Waals surface area contributed by atoms with E-state index in [0.29, 0.717) is 0 Å². The average Bonchev–Trinajstić information content (AvgIpc) is 2.24. The van der Waals surface area contributed by atoms with Crippen LogP contribution in [0, 0.1) is 5.82 Å². The Morgan fingerprint density at radius 1 is 1.69 bits per heavy atom. The number of halogens is 2. The summed E-state index contributed by atoms with van der Waals surface area (Å²) < 4.78 is 18.3. The first kappa shape index (κ1) is 12.7. The zero-order valence-corrected chi connectivity index (χ0v) is 9.29. The third-order valence-corrected chi connectivity index (χ3v) is 2.53. The minimum atomic E-state index is -1.21. The van der Waals surface area contributed by atoms with Crippen molar-refractivity contribution in [2.24, 2.45) is 5.73 Å². The molecule has 0 bridgehead atoms. The van der Waals surface area contributed by atoms with Crippen LogP contribution < -0.4 is 10.5 Å². The van der Waals surface area contributed by atoms with E-state index in [-0.39, 0.29) is 22.8 Å². The Bertz CT molecular complexity index is 411. The van der Waals surface area contributed by atoms with Crippen molar-refractivity contribution in [3.05, 3.63) is 28.5 Å². The molecule has 0 spiro atoms. The summed E-state index contributed by atoms with van der Waals surface area (Å²) in [6, 6.07) is 1.33. The van der Waals surface area contributed by atoms with Crippen molar-refractivity contribution in [3.63, 3.8) is 0 Å². The van der Waals surface area contributed by atoms with Crippen LogP contribution in [0.3, 0.4) is 0 Å². The number of ether oxygens (including phenoxy) is 1.